The molecular weight excluding hydrogens is 488 g/mol. The van der Waals surface area contributed by atoms with Gasteiger partial charge in [0.1, 0.15) is 10.6 Å². The highest BCUT2D eigenvalue weighted by Crippen LogP contribution is 2.41. The van der Waals surface area contributed by atoms with Gasteiger partial charge in [-0.15, -0.1) is 0 Å². The molecule has 3 aromatic rings. The molecule has 0 saturated carbocycles. The highest BCUT2D eigenvalue weighted by molar-refractivity contribution is 7.94. The average Bonchev–Trinajstić information content (AvgIpc) is 2.90. The number of hydrogen-bond donors (Lipinski definition) is 0. The fraction of sp³-hybridized carbons (Fsp3) is 0.200. The summed E-state index contributed by atoms with van der Waals surface area (Å²) in [5.41, 5.74) is 1.02. The predicted molar refractivity (Wildman–Crippen MR) is 132 cm³/mol. The molecule has 188 valence electrons. The number of carbonyl (C=O) groups is 2. The highest BCUT2D eigenvalue weighted by Gasteiger charge is 2.43. The SMILES string of the molecule is COC(=O)c1ccc(OC)c(CN2C(=O)N(c3ccc(OC)c(OC)c3)S(=O)(=O)c3ccccc32)c1. The first-order valence-corrected chi connectivity index (χ1v) is 12.1. The number of esters is 1. The molecule has 1 aliphatic heterocycles. The quantitative estimate of drug-likeness (QED) is 0.439. The number of para-hydroxylation sites is 1. The largest absolute Gasteiger partial charge is 0.496 e. The minimum absolute atomic E-state index is 0.0533. The molecule has 10 nitrogen and oxygen atoms in total. The van der Waals surface area contributed by atoms with Gasteiger partial charge in [0.2, 0.25) is 0 Å². The van der Waals surface area contributed by atoms with Crippen LogP contribution in [0.15, 0.2) is 65.6 Å². The van der Waals surface area contributed by atoms with Crippen LogP contribution in [0.2, 0.25) is 0 Å². The van der Waals surface area contributed by atoms with Gasteiger partial charge in [0.25, 0.3) is 10.0 Å². The fourth-order valence-electron chi connectivity index (χ4n) is 3.98. The van der Waals surface area contributed by atoms with E-state index in [0.717, 1.165) is 0 Å². The normalized spacial score (nSPS) is 14.2. The Morgan fingerprint density at radius 3 is 2.17 bits per heavy atom. The lowest BCUT2D eigenvalue weighted by atomic mass is 10.1. The molecule has 0 spiro atoms. The minimum Gasteiger partial charge on any atom is -0.496 e. The van der Waals surface area contributed by atoms with Crippen molar-refractivity contribution in [2.75, 3.05) is 37.6 Å². The van der Waals surface area contributed by atoms with E-state index in [-0.39, 0.29) is 34.1 Å². The summed E-state index contributed by atoms with van der Waals surface area (Å²) in [6.07, 6.45) is 0. The lowest BCUT2D eigenvalue weighted by Gasteiger charge is -2.36. The van der Waals surface area contributed by atoms with Crippen molar-refractivity contribution in [3.63, 3.8) is 0 Å². The molecule has 0 atom stereocenters. The summed E-state index contributed by atoms with van der Waals surface area (Å²) in [5, 5.41) is 0. The fourth-order valence-corrected chi connectivity index (χ4v) is 5.57. The molecule has 0 saturated heterocycles. The van der Waals surface area contributed by atoms with Gasteiger partial charge in [-0.25, -0.2) is 18.0 Å². The Bertz CT molecular complexity index is 1440. The van der Waals surface area contributed by atoms with Gasteiger partial charge >= 0.3 is 12.0 Å². The number of ether oxygens (including phenoxy) is 4. The molecule has 3 aromatic carbocycles. The van der Waals surface area contributed by atoms with Gasteiger partial charge in [0.15, 0.2) is 11.5 Å². The van der Waals surface area contributed by atoms with Crippen LogP contribution < -0.4 is 23.4 Å². The topological polar surface area (TPSA) is 112 Å². The first-order chi connectivity index (χ1) is 17.3. The highest BCUT2D eigenvalue weighted by atomic mass is 32.2. The monoisotopic (exact) mass is 512 g/mol. The first-order valence-electron chi connectivity index (χ1n) is 10.7. The third kappa shape index (κ3) is 4.17. The molecule has 0 bridgehead atoms. The van der Waals surface area contributed by atoms with E-state index in [2.05, 4.69) is 0 Å². The summed E-state index contributed by atoms with van der Waals surface area (Å²) in [4.78, 5) is 27.2. The Morgan fingerprint density at radius 1 is 0.833 bits per heavy atom. The van der Waals surface area contributed by atoms with E-state index in [1.54, 1.807) is 36.4 Å². The molecule has 1 aliphatic rings. The zero-order valence-corrected chi connectivity index (χ0v) is 20.9. The van der Waals surface area contributed by atoms with E-state index in [1.807, 2.05) is 0 Å². The number of nitrogens with zero attached hydrogens (tertiary/aromatic N) is 2. The summed E-state index contributed by atoms with van der Waals surface area (Å²) >= 11 is 0. The van der Waals surface area contributed by atoms with Crippen molar-refractivity contribution in [2.45, 2.75) is 11.4 Å². The van der Waals surface area contributed by atoms with Crippen LogP contribution in [0.1, 0.15) is 15.9 Å². The number of sulfonamides is 1. The van der Waals surface area contributed by atoms with E-state index < -0.39 is 22.0 Å². The lowest BCUT2D eigenvalue weighted by molar-refractivity contribution is 0.0600. The Labute approximate surface area is 208 Å². The van der Waals surface area contributed by atoms with Crippen LogP contribution in [0.5, 0.6) is 17.2 Å². The zero-order chi connectivity index (χ0) is 26.0. The summed E-state index contributed by atoms with van der Waals surface area (Å²) in [6.45, 7) is -0.0802. The third-order valence-electron chi connectivity index (χ3n) is 5.71. The molecule has 36 heavy (non-hydrogen) atoms. The van der Waals surface area contributed by atoms with E-state index in [4.69, 9.17) is 18.9 Å². The van der Waals surface area contributed by atoms with Crippen LogP contribution in [0.4, 0.5) is 16.2 Å². The molecule has 0 aliphatic carbocycles. The molecule has 0 N–H and O–H groups in total. The van der Waals surface area contributed by atoms with Crippen molar-refractivity contribution in [3.05, 3.63) is 71.8 Å². The molecular formula is C25H24N2O8S. The Hall–Kier alpha value is -4.25. The summed E-state index contributed by atoms with van der Waals surface area (Å²) in [7, 11) is 1.34. The second kappa shape index (κ2) is 9.78. The standard InChI is InChI=1S/C25H24N2O8S/c1-32-20-11-9-16(24(28)35-4)13-17(20)15-26-19-7-5-6-8-23(19)36(30,31)27(25(26)29)18-10-12-21(33-2)22(14-18)34-3/h5-14H,15H2,1-4H3. The maximum absolute atomic E-state index is 13.8. The van der Waals surface area contributed by atoms with Crippen LogP contribution in [0.25, 0.3) is 0 Å². The van der Waals surface area contributed by atoms with Crippen molar-refractivity contribution in [1.29, 1.82) is 0 Å². The number of methoxy groups -OCH3 is 4. The molecule has 2 amide bonds. The third-order valence-corrected chi connectivity index (χ3v) is 7.46. The molecule has 1 heterocycles. The van der Waals surface area contributed by atoms with E-state index >= 15 is 0 Å². The van der Waals surface area contributed by atoms with Crippen LogP contribution >= 0.6 is 0 Å². The van der Waals surface area contributed by atoms with Gasteiger partial charge in [-0.3, -0.25) is 4.90 Å². The second-order valence-electron chi connectivity index (χ2n) is 7.66. The Morgan fingerprint density at radius 2 is 1.50 bits per heavy atom. The second-order valence-corrected chi connectivity index (χ2v) is 9.42. The molecule has 0 radical (unpaired) electrons. The van der Waals surface area contributed by atoms with Crippen molar-refractivity contribution in [3.8, 4) is 17.2 Å². The maximum atomic E-state index is 13.8. The van der Waals surface area contributed by atoms with Gasteiger partial charge < -0.3 is 18.9 Å². The van der Waals surface area contributed by atoms with Gasteiger partial charge in [-0.2, -0.15) is 4.31 Å². The molecule has 0 aromatic heterocycles. The number of hydrogen-bond acceptors (Lipinski definition) is 8. The summed E-state index contributed by atoms with van der Waals surface area (Å²) in [5.74, 6) is 0.499. The minimum atomic E-state index is -4.26. The Kier molecular flexibility index (Phi) is 6.75. The number of amides is 2. The maximum Gasteiger partial charge on any atom is 0.343 e. The lowest BCUT2D eigenvalue weighted by Crippen LogP contribution is -2.50. The predicted octanol–water partition coefficient (Wildman–Crippen LogP) is 3.83. The molecule has 4 rings (SSSR count). The van der Waals surface area contributed by atoms with Gasteiger partial charge in [0.05, 0.1) is 51.9 Å². The summed E-state index contributed by atoms with van der Waals surface area (Å²) in [6, 6.07) is 14.5. The molecule has 0 unspecified atom stereocenters. The van der Waals surface area contributed by atoms with Crippen molar-refractivity contribution >= 4 is 33.4 Å². The smallest absolute Gasteiger partial charge is 0.343 e. The average molecular weight is 513 g/mol. The van der Waals surface area contributed by atoms with Crippen molar-refractivity contribution in [2.24, 2.45) is 0 Å². The number of anilines is 2. The van der Waals surface area contributed by atoms with Crippen molar-refractivity contribution < 1.29 is 37.0 Å². The van der Waals surface area contributed by atoms with E-state index in [9.17, 15) is 18.0 Å². The number of carbonyl (C=O) groups excluding carboxylic acids is 2. The molecule has 11 heteroatoms. The van der Waals surface area contributed by atoms with Gasteiger partial charge in [-0.1, -0.05) is 12.1 Å². The molecule has 0 fully saturated rings. The van der Waals surface area contributed by atoms with Crippen LogP contribution in [-0.2, 0) is 21.3 Å². The van der Waals surface area contributed by atoms with Crippen LogP contribution in [-0.4, -0.2) is 48.9 Å². The van der Waals surface area contributed by atoms with E-state index in [1.165, 1.54) is 57.6 Å². The zero-order valence-electron chi connectivity index (χ0n) is 20.0. The number of urea groups is 1. The Balaban J connectivity index is 1.87. The van der Waals surface area contributed by atoms with Crippen LogP contribution in [0, 0.1) is 0 Å². The first kappa shape index (κ1) is 24.9. The van der Waals surface area contributed by atoms with Gasteiger partial charge in [0, 0.05) is 11.6 Å². The van der Waals surface area contributed by atoms with Gasteiger partial charge in [-0.05, 0) is 42.5 Å². The number of benzene rings is 3. The van der Waals surface area contributed by atoms with Crippen LogP contribution in [0.3, 0.4) is 0 Å². The number of fused-ring (bicyclic) bond motifs is 1. The summed E-state index contributed by atoms with van der Waals surface area (Å²) < 4.78 is 48.7. The van der Waals surface area contributed by atoms with Crippen molar-refractivity contribution in [1.82, 2.24) is 0 Å². The number of rotatable bonds is 7. The van der Waals surface area contributed by atoms with E-state index in [0.29, 0.717) is 21.4 Å².